The first kappa shape index (κ1) is 10.7. The van der Waals surface area contributed by atoms with Crippen molar-refractivity contribution >= 4 is 34.2 Å². The Morgan fingerprint density at radius 2 is 1.85 bits per heavy atom. The third-order valence-corrected chi connectivity index (χ3v) is 2.48. The number of hydrogen-bond donors (Lipinski definition) is 2. The molecule has 0 saturated heterocycles. The SMILES string of the molecule is Nc1cc(S)c(C(F)(F)F)cc1Br. The molecule has 13 heavy (non-hydrogen) atoms. The molecule has 0 unspecified atom stereocenters. The molecule has 1 aromatic rings. The maximum Gasteiger partial charge on any atom is 0.417 e. The Kier molecular flexibility index (Phi) is 2.82. The lowest BCUT2D eigenvalue weighted by Crippen LogP contribution is -2.06. The summed E-state index contributed by atoms with van der Waals surface area (Å²) >= 11 is 6.60. The molecule has 0 saturated carbocycles. The second-order valence-electron chi connectivity index (χ2n) is 2.39. The molecule has 0 aromatic heterocycles. The van der Waals surface area contributed by atoms with Crippen molar-refractivity contribution in [2.45, 2.75) is 11.1 Å². The average molecular weight is 272 g/mol. The molecule has 0 spiro atoms. The Morgan fingerprint density at radius 3 is 2.31 bits per heavy atom. The number of anilines is 1. The van der Waals surface area contributed by atoms with Gasteiger partial charge >= 0.3 is 6.18 Å². The summed E-state index contributed by atoms with van der Waals surface area (Å²) in [5, 5.41) is 0. The van der Waals surface area contributed by atoms with Crippen LogP contribution >= 0.6 is 28.6 Å². The number of halogens is 4. The molecule has 6 heteroatoms. The van der Waals surface area contributed by atoms with Crippen LogP contribution in [0.15, 0.2) is 21.5 Å². The van der Waals surface area contributed by atoms with E-state index in [1.807, 2.05) is 0 Å². The monoisotopic (exact) mass is 271 g/mol. The van der Waals surface area contributed by atoms with Gasteiger partial charge in [-0.05, 0) is 28.1 Å². The van der Waals surface area contributed by atoms with Gasteiger partial charge < -0.3 is 5.73 Å². The Balaban J connectivity index is 3.32. The van der Waals surface area contributed by atoms with Crippen molar-refractivity contribution in [3.8, 4) is 0 Å². The highest BCUT2D eigenvalue weighted by Gasteiger charge is 2.33. The predicted octanol–water partition coefficient (Wildman–Crippen LogP) is 3.34. The third kappa shape index (κ3) is 2.31. The fourth-order valence-electron chi connectivity index (χ4n) is 0.805. The van der Waals surface area contributed by atoms with Crippen molar-refractivity contribution in [3.63, 3.8) is 0 Å². The number of nitrogen functional groups attached to an aromatic ring is 1. The van der Waals surface area contributed by atoms with Crippen LogP contribution in [-0.4, -0.2) is 0 Å². The molecule has 0 heterocycles. The van der Waals surface area contributed by atoms with Crippen molar-refractivity contribution < 1.29 is 13.2 Å². The summed E-state index contributed by atoms with van der Waals surface area (Å²) in [5.74, 6) is 0. The highest BCUT2D eigenvalue weighted by Crippen LogP contribution is 2.37. The minimum absolute atomic E-state index is 0.173. The second kappa shape index (κ2) is 3.42. The predicted molar refractivity (Wildman–Crippen MR) is 50.8 cm³/mol. The van der Waals surface area contributed by atoms with Crippen LogP contribution in [0.5, 0.6) is 0 Å². The first-order valence-corrected chi connectivity index (χ1v) is 4.41. The van der Waals surface area contributed by atoms with E-state index in [4.69, 9.17) is 5.73 Å². The molecule has 0 amide bonds. The highest BCUT2D eigenvalue weighted by molar-refractivity contribution is 9.10. The van der Waals surface area contributed by atoms with Crippen molar-refractivity contribution in [3.05, 3.63) is 22.2 Å². The minimum atomic E-state index is -4.40. The van der Waals surface area contributed by atoms with Gasteiger partial charge in [0.2, 0.25) is 0 Å². The Morgan fingerprint density at radius 1 is 1.31 bits per heavy atom. The molecule has 2 N–H and O–H groups in total. The van der Waals surface area contributed by atoms with Gasteiger partial charge in [0.05, 0.1) is 5.56 Å². The van der Waals surface area contributed by atoms with Crippen LogP contribution in [0.2, 0.25) is 0 Å². The molecule has 1 rings (SSSR count). The van der Waals surface area contributed by atoms with Crippen LogP contribution < -0.4 is 5.73 Å². The van der Waals surface area contributed by atoms with Gasteiger partial charge in [0.15, 0.2) is 0 Å². The highest BCUT2D eigenvalue weighted by atomic mass is 79.9. The van der Waals surface area contributed by atoms with E-state index in [0.717, 1.165) is 12.1 Å². The first-order valence-electron chi connectivity index (χ1n) is 3.17. The molecule has 0 aliphatic carbocycles. The lowest BCUT2D eigenvalue weighted by atomic mass is 10.2. The largest absolute Gasteiger partial charge is 0.417 e. The number of nitrogens with two attached hydrogens (primary N) is 1. The van der Waals surface area contributed by atoms with Crippen molar-refractivity contribution in [2.24, 2.45) is 0 Å². The fourth-order valence-corrected chi connectivity index (χ4v) is 1.48. The number of hydrogen-bond acceptors (Lipinski definition) is 2. The molecule has 0 radical (unpaired) electrons. The molecule has 0 aliphatic rings. The number of benzene rings is 1. The summed E-state index contributed by atoms with van der Waals surface area (Å²) in [6.45, 7) is 0. The normalized spacial score (nSPS) is 11.8. The molecular formula is C7H5BrF3NS. The molecule has 0 bridgehead atoms. The van der Waals surface area contributed by atoms with E-state index in [1.165, 1.54) is 0 Å². The van der Waals surface area contributed by atoms with E-state index in [-0.39, 0.29) is 15.1 Å². The lowest BCUT2D eigenvalue weighted by molar-refractivity contribution is -0.139. The Bertz CT molecular complexity index is 337. The zero-order valence-electron chi connectivity index (χ0n) is 6.19. The maximum absolute atomic E-state index is 12.2. The average Bonchev–Trinajstić information content (AvgIpc) is 1.94. The summed E-state index contributed by atoms with van der Waals surface area (Å²) < 4.78 is 37.0. The topological polar surface area (TPSA) is 26.0 Å². The molecule has 1 aromatic carbocycles. The smallest absolute Gasteiger partial charge is 0.398 e. The quantitative estimate of drug-likeness (QED) is 0.549. The van der Waals surface area contributed by atoms with E-state index < -0.39 is 11.7 Å². The summed E-state index contributed by atoms with van der Waals surface area (Å²) in [6, 6.07) is 2.08. The molecular weight excluding hydrogens is 267 g/mol. The van der Waals surface area contributed by atoms with Gasteiger partial charge in [-0.1, -0.05) is 0 Å². The second-order valence-corrected chi connectivity index (χ2v) is 3.72. The Labute approximate surface area is 86.7 Å². The standard InChI is InChI=1S/C7H5BrF3NS/c8-4-1-3(7(9,10)11)6(13)2-5(4)12/h1-2,13H,12H2. The van der Waals surface area contributed by atoms with Gasteiger partial charge in [0.25, 0.3) is 0 Å². The van der Waals surface area contributed by atoms with E-state index >= 15 is 0 Å². The number of rotatable bonds is 0. The molecule has 0 aliphatic heterocycles. The molecule has 72 valence electrons. The summed E-state index contributed by atoms with van der Waals surface area (Å²) in [4.78, 5) is -0.173. The molecule has 1 nitrogen and oxygen atoms in total. The van der Waals surface area contributed by atoms with Gasteiger partial charge in [-0.15, -0.1) is 12.6 Å². The zero-order valence-corrected chi connectivity index (χ0v) is 8.67. The van der Waals surface area contributed by atoms with Crippen LogP contribution in [0.1, 0.15) is 5.56 Å². The van der Waals surface area contributed by atoms with Gasteiger partial charge in [0.1, 0.15) is 0 Å². The third-order valence-electron chi connectivity index (χ3n) is 1.42. The minimum Gasteiger partial charge on any atom is -0.398 e. The number of thiol groups is 1. The van der Waals surface area contributed by atoms with Crippen molar-refractivity contribution in [1.82, 2.24) is 0 Å². The first-order chi connectivity index (χ1) is 5.82. The van der Waals surface area contributed by atoms with Crippen molar-refractivity contribution in [2.75, 3.05) is 5.73 Å². The van der Waals surface area contributed by atoms with Crippen LogP contribution in [0, 0.1) is 0 Å². The Hall–Kier alpha value is -0.360. The van der Waals surface area contributed by atoms with E-state index in [0.29, 0.717) is 0 Å². The molecule has 0 atom stereocenters. The van der Waals surface area contributed by atoms with Gasteiger partial charge in [-0.25, -0.2) is 0 Å². The fraction of sp³-hybridized carbons (Fsp3) is 0.143. The van der Waals surface area contributed by atoms with E-state index in [1.54, 1.807) is 0 Å². The van der Waals surface area contributed by atoms with Gasteiger partial charge in [-0.3, -0.25) is 0 Å². The van der Waals surface area contributed by atoms with Crippen LogP contribution in [0.4, 0.5) is 18.9 Å². The van der Waals surface area contributed by atoms with Crippen LogP contribution in [-0.2, 0) is 6.18 Å². The van der Waals surface area contributed by atoms with Crippen LogP contribution in [0.3, 0.4) is 0 Å². The lowest BCUT2D eigenvalue weighted by Gasteiger charge is -2.10. The maximum atomic E-state index is 12.2. The van der Waals surface area contributed by atoms with Gasteiger partial charge in [-0.2, -0.15) is 13.2 Å². The van der Waals surface area contributed by atoms with E-state index in [9.17, 15) is 13.2 Å². The number of alkyl halides is 3. The van der Waals surface area contributed by atoms with Gasteiger partial charge in [0, 0.05) is 15.1 Å². The zero-order chi connectivity index (χ0) is 10.2. The summed E-state index contributed by atoms with van der Waals surface area (Å²) in [7, 11) is 0. The van der Waals surface area contributed by atoms with Crippen LogP contribution in [0.25, 0.3) is 0 Å². The van der Waals surface area contributed by atoms with E-state index in [2.05, 4.69) is 28.6 Å². The molecule has 0 fully saturated rings. The van der Waals surface area contributed by atoms with Crippen molar-refractivity contribution in [1.29, 1.82) is 0 Å². The summed E-state index contributed by atoms with van der Waals surface area (Å²) in [6.07, 6.45) is -4.40. The summed E-state index contributed by atoms with van der Waals surface area (Å²) in [5.41, 5.74) is 4.81.